The number of carbonyl (C=O) groups excluding carboxylic acids is 1. The molecule has 0 aliphatic heterocycles. The molecule has 4 aromatic rings. The van der Waals surface area contributed by atoms with Crippen molar-refractivity contribution < 1.29 is 14.3 Å². The second-order valence-electron chi connectivity index (χ2n) is 7.59. The lowest BCUT2D eigenvalue weighted by Crippen LogP contribution is -2.13. The van der Waals surface area contributed by atoms with Crippen LogP contribution in [0.2, 0.25) is 5.02 Å². The molecule has 0 spiro atoms. The largest absolute Gasteiger partial charge is 0.496 e. The fourth-order valence-electron chi connectivity index (χ4n) is 3.37. The SMILES string of the molecule is COc1ccc(C(=O)Nc2ccccc2Sc2ccccc2)cc1COc1ccc(Cl)c(C)c1. The molecule has 0 saturated heterocycles. The predicted octanol–water partition coefficient (Wildman–Crippen LogP) is 7.64. The first kappa shape index (κ1) is 23.7. The van der Waals surface area contributed by atoms with Crippen LogP contribution >= 0.6 is 23.4 Å². The molecule has 4 nitrogen and oxygen atoms in total. The maximum Gasteiger partial charge on any atom is 0.255 e. The van der Waals surface area contributed by atoms with Gasteiger partial charge in [-0.2, -0.15) is 0 Å². The fraction of sp³-hybridized carbons (Fsp3) is 0.107. The van der Waals surface area contributed by atoms with Crippen molar-refractivity contribution in [1.29, 1.82) is 0 Å². The number of methoxy groups -OCH3 is 1. The Hall–Kier alpha value is -3.41. The lowest BCUT2D eigenvalue weighted by molar-refractivity contribution is 0.102. The predicted molar refractivity (Wildman–Crippen MR) is 138 cm³/mol. The zero-order valence-corrected chi connectivity index (χ0v) is 20.5. The van der Waals surface area contributed by atoms with Crippen molar-refractivity contribution in [3.8, 4) is 11.5 Å². The first-order chi connectivity index (χ1) is 16.5. The zero-order chi connectivity index (χ0) is 23.9. The van der Waals surface area contributed by atoms with Crippen molar-refractivity contribution in [3.63, 3.8) is 0 Å². The van der Waals surface area contributed by atoms with E-state index in [-0.39, 0.29) is 12.5 Å². The standard InChI is InChI=1S/C28H24ClNO3S/c1-19-16-22(13-14-24(19)29)33-18-21-17-20(12-15-26(21)32-2)28(31)30-25-10-6-7-11-27(25)34-23-8-4-3-5-9-23/h3-17H,18H2,1-2H3,(H,30,31). The molecule has 0 heterocycles. The molecule has 172 valence electrons. The number of ether oxygens (including phenoxy) is 2. The molecule has 0 aliphatic rings. The van der Waals surface area contributed by atoms with E-state index in [0.29, 0.717) is 22.1 Å². The minimum absolute atomic E-state index is 0.202. The molecule has 4 rings (SSSR count). The summed E-state index contributed by atoms with van der Waals surface area (Å²) >= 11 is 7.71. The molecule has 0 fully saturated rings. The number of para-hydroxylation sites is 1. The zero-order valence-electron chi connectivity index (χ0n) is 18.9. The van der Waals surface area contributed by atoms with Crippen LogP contribution in [0.15, 0.2) is 101 Å². The highest BCUT2D eigenvalue weighted by Crippen LogP contribution is 2.33. The van der Waals surface area contributed by atoms with E-state index < -0.39 is 0 Å². The Labute approximate surface area is 208 Å². The molecule has 0 atom stereocenters. The molecule has 6 heteroatoms. The normalized spacial score (nSPS) is 10.6. The van der Waals surface area contributed by atoms with E-state index in [1.165, 1.54) is 0 Å². The van der Waals surface area contributed by atoms with Gasteiger partial charge in [0.2, 0.25) is 0 Å². The van der Waals surface area contributed by atoms with Crippen LogP contribution in [0.4, 0.5) is 5.69 Å². The number of anilines is 1. The molecule has 0 radical (unpaired) electrons. The molecule has 1 amide bonds. The van der Waals surface area contributed by atoms with Gasteiger partial charge in [0, 0.05) is 25.9 Å². The van der Waals surface area contributed by atoms with Gasteiger partial charge in [-0.25, -0.2) is 0 Å². The van der Waals surface area contributed by atoms with Crippen molar-refractivity contribution in [2.75, 3.05) is 12.4 Å². The van der Waals surface area contributed by atoms with Crippen molar-refractivity contribution in [2.24, 2.45) is 0 Å². The highest BCUT2D eigenvalue weighted by atomic mass is 35.5. The summed E-state index contributed by atoms with van der Waals surface area (Å²) in [5, 5.41) is 3.73. The first-order valence-electron chi connectivity index (χ1n) is 10.7. The number of rotatable bonds is 8. The average Bonchev–Trinajstić information content (AvgIpc) is 2.86. The Morgan fingerprint density at radius 3 is 2.47 bits per heavy atom. The number of halogens is 1. The van der Waals surface area contributed by atoms with Crippen LogP contribution < -0.4 is 14.8 Å². The quantitative estimate of drug-likeness (QED) is 0.276. The van der Waals surface area contributed by atoms with Crippen LogP contribution in [0.3, 0.4) is 0 Å². The second kappa shape index (κ2) is 11.1. The molecule has 1 N–H and O–H groups in total. The van der Waals surface area contributed by atoms with Gasteiger partial charge in [0.15, 0.2) is 0 Å². The highest BCUT2D eigenvalue weighted by molar-refractivity contribution is 7.99. The summed E-state index contributed by atoms with van der Waals surface area (Å²) in [7, 11) is 1.60. The summed E-state index contributed by atoms with van der Waals surface area (Å²) in [5.74, 6) is 1.15. The van der Waals surface area contributed by atoms with E-state index in [1.54, 1.807) is 43.1 Å². The topological polar surface area (TPSA) is 47.6 Å². The number of benzene rings is 4. The third kappa shape index (κ3) is 5.93. The summed E-state index contributed by atoms with van der Waals surface area (Å²) in [6, 6.07) is 28.7. The Balaban J connectivity index is 1.51. The maximum atomic E-state index is 13.1. The highest BCUT2D eigenvalue weighted by Gasteiger charge is 2.14. The number of aryl methyl sites for hydroxylation is 1. The average molecular weight is 490 g/mol. The van der Waals surface area contributed by atoms with Crippen molar-refractivity contribution >= 4 is 35.0 Å². The van der Waals surface area contributed by atoms with E-state index in [9.17, 15) is 4.79 Å². The Bertz CT molecular complexity index is 1290. The van der Waals surface area contributed by atoms with Crippen LogP contribution in [-0.4, -0.2) is 13.0 Å². The van der Waals surface area contributed by atoms with E-state index in [0.717, 1.165) is 26.6 Å². The molecule has 0 unspecified atom stereocenters. The summed E-state index contributed by atoms with van der Waals surface area (Å²) < 4.78 is 11.4. The third-order valence-electron chi connectivity index (χ3n) is 5.17. The molecule has 0 aliphatic carbocycles. The van der Waals surface area contributed by atoms with E-state index in [2.05, 4.69) is 5.32 Å². The summed E-state index contributed by atoms with van der Waals surface area (Å²) in [5.41, 5.74) is 2.99. The van der Waals surface area contributed by atoms with Crippen LogP contribution in [0.5, 0.6) is 11.5 Å². The van der Waals surface area contributed by atoms with Crippen molar-refractivity contribution in [2.45, 2.75) is 23.3 Å². The van der Waals surface area contributed by atoms with E-state index in [1.807, 2.05) is 73.7 Å². The Morgan fingerprint density at radius 1 is 0.941 bits per heavy atom. The lowest BCUT2D eigenvalue weighted by atomic mass is 10.1. The Kier molecular flexibility index (Phi) is 7.78. The minimum atomic E-state index is -0.202. The Morgan fingerprint density at radius 2 is 1.71 bits per heavy atom. The number of hydrogen-bond donors (Lipinski definition) is 1. The molecule has 0 aromatic heterocycles. The van der Waals surface area contributed by atoms with E-state index >= 15 is 0 Å². The minimum Gasteiger partial charge on any atom is -0.496 e. The number of nitrogens with one attached hydrogen (secondary N) is 1. The van der Waals surface area contributed by atoms with Gasteiger partial charge in [0.1, 0.15) is 18.1 Å². The summed E-state index contributed by atoms with van der Waals surface area (Å²) in [4.78, 5) is 15.2. The first-order valence-corrected chi connectivity index (χ1v) is 11.9. The summed E-state index contributed by atoms with van der Waals surface area (Å²) in [6.07, 6.45) is 0. The fourth-order valence-corrected chi connectivity index (χ4v) is 4.41. The molecule has 0 bridgehead atoms. The van der Waals surface area contributed by atoms with Gasteiger partial charge in [-0.05, 0) is 73.2 Å². The summed E-state index contributed by atoms with van der Waals surface area (Å²) in [6.45, 7) is 2.18. The van der Waals surface area contributed by atoms with Crippen LogP contribution in [-0.2, 0) is 6.61 Å². The van der Waals surface area contributed by atoms with Crippen molar-refractivity contribution in [1.82, 2.24) is 0 Å². The van der Waals surface area contributed by atoms with E-state index in [4.69, 9.17) is 21.1 Å². The number of hydrogen-bond acceptors (Lipinski definition) is 4. The van der Waals surface area contributed by atoms with Gasteiger partial charge in [0.05, 0.1) is 12.8 Å². The third-order valence-corrected chi connectivity index (χ3v) is 6.68. The molecular formula is C28H24ClNO3S. The van der Waals surface area contributed by atoms with Crippen molar-refractivity contribution in [3.05, 3.63) is 113 Å². The number of amides is 1. The van der Waals surface area contributed by atoms with Crippen LogP contribution in [0, 0.1) is 6.92 Å². The second-order valence-corrected chi connectivity index (χ2v) is 9.11. The number of carbonyl (C=O) groups is 1. The molecule has 34 heavy (non-hydrogen) atoms. The van der Waals surface area contributed by atoms with Gasteiger partial charge >= 0.3 is 0 Å². The molecule has 4 aromatic carbocycles. The lowest BCUT2D eigenvalue weighted by Gasteiger charge is -2.14. The van der Waals surface area contributed by atoms with Gasteiger partial charge in [-0.1, -0.05) is 53.7 Å². The van der Waals surface area contributed by atoms with Gasteiger partial charge in [-0.15, -0.1) is 0 Å². The van der Waals surface area contributed by atoms with Gasteiger partial charge < -0.3 is 14.8 Å². The van der Waals surface area contributed by atoms with Gasteiger partial charge in [0.25, 0.3) is 5.91 Å². The van der Waals surface area contributed by atoms with Crippen LogP contribution in [0.25, 0.3) is 0 Å². The smallest absolute Gasteiger partial charge is 0.255 e. The molecule has 0 saturated carbocycles. The monoisotopic (exact) mass is 489 g/mol. The van der Waals surface area contributed by atoms with Gasteiger partial charge in [-0.3, -0.25) is 4.79 Å². The molecular weight excluding hydrogens is 466 g/mol. The van der Waals surface area contributed by atoms with Crippen LogP contribution in [0.1, 0.15) is 21.5 Å². The maximum absolute atomic E-state index is 13.1.